The van der Waals surface area contributed by atoms with Gasteiger partial charge in [0.2, 0.25) is 5.43 Å². The maximum atomic E-state index is 13.6. The maximum Gasteiger partial charge on any atom is 0.289 e. The number of aromatic hydroxyl groups is 1. The Bertz CT molecular complexity index is 1600. The van der Waals surface area contributed by atoms with Crippen molar-refractivity contribution in [2.45, 2.75) is 13.2 Å². The number of hydrogen-bond acceptors (Lipinski definition) is 5. The van der Waals surface area contributed by atoms with E-state index in [0.717, 1.165) is 6.07 Å². The predicted molar refractivity (Wildman–Crippen MR) is 131 cm³/mol. The Labute approximate surface area is 204 Å². The molecule has 0 aliphatic heterocycles. The molecule has 5 aromatic rings. The summed E-state index contributed by atoms with van der Waals surface area (Å²) in [5.41, 5.74) is 1.85. The van der Waals surface area contributed by atoms with Crippen LogP contribution >= 0.6 is 0 Å². The first-order valence-corrected chi connectivity index (χ1v) is 11.1. The van der Waals surface area contributed by atoms with Crippen molar-refractivity contribution in [3.8, 4) is 28.6 Å². The minimum atomic E-state index is -0.543. The van der Waals surface area contributed by atoms with Crippen molar-refractivity contribution in [2.75, 3.05) is 0 Å². The summed E-state index contributed by atoms with van der Waals surface area (Å²) in [4.78, 5) is 12.9. The van der Waals surface area contributed by atoms with Crippen LogP contribution in [0.3, 0.4) is 0 Å². The molecule has 1 aromatic heterocycles. The van der Waals surface area contributed by atoms with Crippen molar-refractivity contribution in [3.63, 3.8) is 0 Å². The molecule has 0 spiro atoms. The van der Waals surface area contributed by atoms with Crippen LogP contribution in [0.5, 0.6) is 17.4 Å². The van der Waals surface area contributed by atoms with Crippen molar-refractivity contribution < 1.29 is 27.8 Å². The Morgan fingerprint density at radius 1 is 0.750 bits per heavy atom. The number of rotatable bonds is 7. The standard InChI is InChI=1S/C29H20F2O5/c30-21-10-4-6-18(12-21)16-34-26-15-24(32)27-25(36-26)14-23(20-8-2-1-3-9-20)29(28(27)33)35-17-19-7-5-11-22(31)13-19/h1-15,33H,16-17H2. The van der Waals surface area contributed by atoms with Gasteiger partial charge in [-0.25, -0.2) is 8.78 Å². The molecule has 4 aromatic carbocycles. The number of phenolic OH excluding ortho intramolecular Hbond substituents is 1. The van der Waals surface area contributed by atoms with E-state index in [2.05, 4.69) is 0 Å². The highest BCUT2D eigenvalue weighted by atomic mass is 19.1. The van der Waals surface area contributed by atoms with E-state index >= 15 is 0 Å². The molecule has 0 atom stereocenters. The zero-order chi connectivity index (χ0) is 25.1. The van der Waals surface area contributed by atoms with Gasteiger partial charge < -0.3 is 19.0 Å². The van der Waals surface area contributed by atoms with Gasteiger partial charge in [-0.05, 0) is 47.0 Å². The van der Waals surface area contributed by atoms with E-state index in [9.17, 15) is 18.7 Å². The number of hydrogen-bond donors (Lipinski definition) is 1. The summed E-state index contributed by atoms with van der Waals surface area (Å²) in [5, 5.41) is 11.0. The first-order chi connectivity index (χ1) is 17.5. The van der Waals surface area contributed by atoms with Crippen LogP contribution < -0.4 is 14.9 Å². The van der Waals surface area contributed by atoms with Crippen molar-refractivity contribution in [1.29, 1.82) is 0 Å². The molecular formula is C29H20F2O5. The van der Waals surface area contributed by atoms with E-state index in [1.165, 1.54) is 24.3 Å². The van der Waals surface area contributed by atoms with Crippen LogP contribution in [0, 0.1) is 11.6 Å². The van der Waals surface area contributed by atoms with Gasteiger partial charge in [0.15, 0.2) is 11.5 Å². The van der Waals surface area contributed by atoms with E-state index in [1.54, 1.807) is 30.3 Å². The fourth-order valence-corrected chi connectivity index (χ4v) is 3.88. The smallest absolute Gasteiger partial charge is 0.289 e. The van der Waals surface area contributed by atoms with E-state index < -0.39 is 22.8 Å². The zero-order valence-corrected chi connectivity index (χ0v) is 18.9. The molecule has 1 N–H and O–H groups in total. The first-order valence-electron chi connectivity index (χ1n) is 11.1. The average molecular weight is 486 g/mol. The van der Waals surface area contributed by atoms with Gasteiger partial charge >= 0.3 is 0 Å². The Morgan fingerprint density at radius 2 is 1.39 bits per heavy atom. The lowest BCUT2D eigenvalue weighted by Crippen LogP contribution is -2.05. The second-order valence-electron chi connectivity index (χ2n) is 8.11. The van der Waals surface area contributed by atoms with E-state index in [1.807, 2.05) is 30.3 Å². The van der Waals surface area contributed by atoms with Gasteiger partial charge in [-0.15, -0.1) is 0 Å². The molecule has 0 saturated carbocycles. The zero-order valence-electron chi connectivity index (χ0n) is 18.9. The van der Waals surface area contributed by atoms with E-state index in [4.69, 9.17) is 13.9 Å². The molecule has 5 rings (SSSR count). The molecule has 0 unspecified atom stereocenters. The van der Waals surface area contributed by atoms with Crippen molar-refractivity contribution in [2.24, 2.45) is 0 Å². The summed E-state index contributed by atoms with van der Waals surface area (Å²) in [6.45, 7) is -0.0462. The predicted octanol–water partition coefficient (Wildman–Crippen LogP) is 6.60. The summed E-state index contributed by atoms with van der Waals surface area (Å²) in [6.07, 6.45) is 0. The molecule has 0 aliphatic rings. The van der Waals surface area contributed by atoms with Gasteiger partial charge in [0, 0.05) is 5.56 Å². The Hall–Kier alpha value is -4.65. The molecular weight excluding hydrogens is 466 g/mol. The topological polar surface area (TPSA) is 68.9 Å². The third-order valence-electron chi connectivity index (χ3n) is 5.55. The van der Waals surface area contributed by atoms with Crippen LogP contribution in [0.1, 0.15) is 11.1 Å². The molecule has 0 bridgehead atoms. The van der Waals surface area contributed by atoms with Crippen LogP contribution in [0.2, 0.25) is 0 Å². The molecule has 5 nitrogen and oxygen atoms in total. The number of halogens is 2. The molecule has 0 aliphatic carbocycles. The minimum absolute atomic E-state index is 0.0153. The minimum Gasteiger partial charge on any atom is -0.504 e. The summed E-state index contributed by atoms with van der Waals surface area (Å²) < 4.78 is 44.4. The average Bonchev–Trinajstić information content (AvgIpc) is 2.87. The summed E-state index contributed by atoms with van der Waals surface area (Å²) >= 11 is 0. The highest BCUT2D eigenvalue weighted by Crippen LogP contribution is 2.43. The number of benzene rings is 4. The number of ether oxygens (including phenoxy) is 2. The van der Waals surface area contributed by atoms with Crippen LogP contribution in [0.4, 0.5) is 8.78 Å². The van der Waals surface area contributed by atoms with Gasteiger partial charge in [-0.3, -0.25) is 4.79 Å². The number of fused-ring (bicyclic) bond motifs is 1. The van der Waals surface area contributed by atoms with Crippen molar-refractivity contribution >= 4 is 11.0 Å². The fourth-order valence-electron chi connectivity index (χ4n) is 3.88. The lowest BCUT2D eigenvalue weighted by atomic mass is 10.0. The van der Waals surface area contributed by atoms with Crippen molar-refractivity contribution in [3.05, 3.63) is 124 Å². The third-order valence-corrected chi connectivity index (χ3v) is 5.55. The Balaban J connectivity index is 1.55. The quantitative estimate of drug-likeness (QED) is 0.281. The third kappa shape index (κ3) is 4.90. The van der Waals surface area contributed by atoms with Gasteiger partial charge in [-0.2, -0.15) is 0 Å². The highest BCUT2D eigenvalue weighted by Gasteiger charge is 2.21. The highest BCUT2D eigenvalue weighted by molar-refractivity contribution is 5.93. The molecule has 180 valence electrons. The van der Waals surface area contributed by atoms with Gasteiger partial charge in [0.25, 0.3) is 5.95 Å². The van der Waals surface area contributed by atoms with Crippen LogP contribution in [0.15, 0.2) is 100 Å². The first kappa shape index (κ1) is 23.1. The van der Waals surface area contributed by atoms with Gasteiger partial charge in [0.05, 0.1) is 6.07 Å². The van der Waals surface area contributed by atoms with Gasteiger partial charge in [-0.1, -0.05) is 54.6 Å². The summed E-state index contributed by atoms with van der Waals surface area (Å²) in [6, 6.07) is 23.6. The summed E-state index contributed by atoms with van der Waals surface area (Å²) in [7, 11) is 0. The molecule has 0 saturated heterocycles. The largest absolute Gasteiger partial charge is 0.504 e. The van der Waals surface area contributed by atoms with Crippen molar-refractivity contribution in [1.82, 2.24) is 0 Å². The van der Waals surface area contributed by atoms with Crippen LogP contribution in [0.25, 0.3) is 22.1 Å². The SMILES string of the molecule is O=c1cc(OCc2cccc(F)c2)oc2cc(-c3ccccc3)c(OCc3cccc(F)c3)c(O)c12. The second-order valence-corrected chi connectivity index (χ2v) is 8.11. The second kappa shape index (κ2) is 9.92. The maximum absolute atomic E-state index is 13.6. The molecule has 0 fully saturated rings. The normalized spacial score (nSPS) is 10.9. The summed E-state index contributed by atoms with van der Waals surface area (Å²) in [5.74, 6) is -1.22. The Kier molecular flexibility index (Phi) is 6.36. The van der Waals surface area contributed by atoms with Crippen LogP contribution in [-0.2, 0) is 13.2 Å². The molecule has 0 radical (unpaired) electrons. The van der Waals surface area contributed by atoms with E-state index in [-0.39, 0.29) is 35.9 Å². The monoisotopic (exact) mass is 486 g/mol. The van der Waals surface area contributed by atoms with Crippen LogP contribution in [-0.4, -0.2) is 5.11 Å². The number of phenols is 1. The molecule has 1 heterocycles. The lowest BCUT2D eigenvalue weighted by molar-refractivity contribution is 0.234. The van der Waals surface area contributed by atoms with Gasteiger partial charge in [0.1, 0.15) is 35.8 Å². The lowest BCUT2D eigenvalue weighted by Gasteiger charge is -2.16. The molecule has 7 heteroatoms. The fraction of sp³-hybridized carbons (Fsp3) is 0.0690. The molecule has 0 amide bonds. The van der Waals surface area contributed by atoms with E-state index in [0.29, 0.717) is 22.3 Å². The molecule has 36 heavy (non-hydrogen) atoms. The Morgan fingerprint density at radius 3 is 2.03 bits per heavy atom.